The lowest BCUT2D eigenvalue weighted by atomic mass is 10.3. The van der Waals surface area contributed by atoms with E-state index in [9.17, 15) is 0 Å². The van der Waals surface area contributed by atoms with Crippen LogP contribution in [0.3, 0.4) is 0 Å². The summed E-state index contributed by atoms with van der Waals surface area (Å²) in [4.78, 5) is 12.6. The summed E-state index contributed by atoms with van der Waals surface area (Å²) in [5.74, 6) is 0.851. The highest BCUT2D eigenvalue weighted by molar-refractivity contribution is 7.11. The Balaban J connectivity index is 2.20. The van der Waals surface area contributed by atoms with Crippen molar-refractivity contribution in [3.05, 3.63) is 15.6 Å². The average Bonchev–Trinajstić information content (AvgIpc) is 2.93. The normalized spacial score (nSPS) is 12.0. The third-order valence-electron chi connectivity index (χ3n) is 3.80. The number of nitrogens with one attached hydrogen (secondary N) is 2. The molecule has 0 saturated heterocycles. The van der Waals surface area contributed by atoms with Gasteiger partial charge in [0, 0.05) is 58.2 Å². The maximum absolute atomic E-state index is 5.07. The predicted molar refractivity (Wildman–Crippen MR) is 103 cm³/mol. The number of methoxy groups -OCH3 is 1. The van der Waals surface area contributed by atoms with Gasteiger partial charge in [-0.05, 0) is 26.8 Å². The first kappa shape index (κ1) is 20.9. The maximum Gasteiger partial charge on any atom is 0.191 e. The minimum atomic E-state index is 0.816. The quantitative estimate of drug-likeness (QED) is 0.359. The standard InChI is InChI=1S/C17H33N5OS/c1-6-15-14(2)24-16(21-15)8-9-19-17(18-3)20-10-12-22(4)11-7-13-23-5/h6-13H2,1-5H3,(H2,18,19,20). The van der Waals surface area contributed by atoms with Crippen LogP contribution >= 0.6 is 11.3 Å². The summed E-state index contributed by atoms with van der Waals surface area (Å²) in [6, 6.07) is 0. The van der Waals surface area contributed by atoms with E-state index >= 15 is 0 Å². The van der Waals surface area contributed by atoms with E-state index in [4.69, 9.17) is 4.74 Å². The zero-order valence-electron chi connectivity index (χ0n) is 15.8. The number of aryl methyl sites for hydroxylation is 2. The molecule has 0 unspecified atom stereocenters. The summed E-state index contributed by atoms with van der Waals surface area (Å²) in [7, 11) is 5.68. The highest BCUT2D eigenvalue weighted by Crippen LogP contribution is 2.17. The van der Waals surface area contributed by atoms with Crippen molar-refractivity contribution in [2.45, 2.75) is 33.1 Å². The second kappa shape index (κ2) is 12.2. The van der Waals surface area contributed by atoms with Crippen LogP contribution in [0.2, 0.25) is 0 Å². The molecule has 6 nitrogen and oxygen atoms in total. The van der Waals surface area contributed by atoms with Crippen molar-refractivity contribution in [2.24, 2.45) is 4.99 Å². The number of guanidine groups is 1. The Labute approximate surface area is 150 Å². The summed E-state index contributed by atoms with van der Waals surface area (Å²) in [5, 5.41) is 7.91. The summed E-state index contributed by atoms with van der Waals surface area (Å²) in [6.45, 7) is 8.87. The molecule has 24 heavy (non-hydrogen) atoms. The third-order valence-corrected chi connectivity index (χ3v) is 4.87. The van der Waals surface area contributed by atoms with Gasteiger partial charge in [0.25, 0.3) is 0 Å². The number of aromatic nitrogens is 1. The lowest BCUT2D eigenvalue weighted by Gasteiger charge is -2.18. The summed E-state index contributed by atoms with van der Waals surface area (Å²) >= 11 is 1.80. The van der Waals surface area contributed by atoms with Gasteiger partial charge in [-0.25, -0.2) is 4.98 Å². The fourth-order valence-corrected chi connectivity index (χ4v) is 3.41. The van der Waals surface area contributed by atoms with Gasteiger partial charge >= 0.3 is 0 Å². The van der Waals surface area contributed by atoms with Gasteiger partial charge in [0.1, 0.15) is 0 Å². The van der Waals surface area contributed by atoms with Crippen molar-refractivity contribution in [1.29, 1.82) is 0 Å². The second-order valence-corrected chi connectivity index (χ2v) is 7.08. The molecule has 2 N–H and O–H groups in total. The van der Waals surface area contributed by atoms with Crippen LogP contribution in [0.4, 0.5) is 0 Å². The van der Waals surface area contributed by atoms with E-state index in [1.54, 1.807) is 25.5 Å². The molecule has 1 heterocycles. The topological polar surface area (TPSA) is 61.8 Å². The Hall–Kier alpha value is -1.18. The number of thiazole rings is 1. The summed E-state index contributed by atoms with van der Waals surface area (Å²) in [5.41, 5.74) is 1.23. The first-order chi connectivity index (χ1) is 11.6. The molecule has 0 amide bonds. The highest BCUT2D eigenvalue weighted by atomic mass is 32.1. The Morgan fingerprint density at radius 1 is 1.29 bits per heavy atom. The molecule has 0 aliphatic heterocycles. The molecule has 0 atom stereocenters. The van der Waals surface area contributed by atoms with Crippen LogP contribution in [0.5, 0.6) is 0 Å². The first-order valence-electron chi connectivity index (χ1n) is 8.67. The minimum Gasteiger partial charge on any atom is -0.385 e. The SMILES string of the molecule is CCc1nc(CCNC(=NC)NCCN(C)CCCOC)sc1C. The van der Waals surface area contributed by atoms with Crippen LogP contribution in [0.15, 0.2) is 4.99 Å². The fraction of sp³-hybridized carbons (Fsp3) is 0.765. The van der Waals surface area contributed by atoms with Gasteiger partial charge in [-0.3, -0.25) is 4.99 Å². The molecule has 1 rings (SSSR count). The molecule has 7 heteroatoms. The number of aliphatic imine (C=N–C) groups is 1. The van der Waals surface area contributed by atoms with Gasteiger partial charge < -0.3 is 20.3 Å². The molecule has 0 saturated carbocycles. The van der Waals surface area contributed by atoms with E-state index in [0.717, 1.165) is 58.0 Å². The lowest BCUT2D eigenvalue weighted by molar-refractivity contribution is 0.180. The van der Waals surface area contributed by atoms with Gasteiger partial charge in [0.2, 0.25) is 0 Å². The number of hydrogen-bond donors (Lipinski definition) is 2. The van der Waals surface area contributed by atoms with E-state index in [-0.39, 0.29) is 0 Å². The van der Waals surface area contributed by atoms with E-state index < -0.39 is 0 Å². The van der Waals surface area contributed by atoms with Gasteiger partial charge in [0.05, 0.1) is 10.7 Å². The second-order valence-electron chi connectivity index (χ2n) is 5.79. The zero-order chi connectivity index (χ0) is 17.8. The molecule has 1 aromatic rings. The smallest absolute Gasteiger partial charge is 0.191 e. The van der Waals surface area contributed by atoms with Crippen LogP contribution in [0, 0.1) is 6.92 Å². The van der Waals surface area contributed by atoms with Crippen LogP contribution in [0.25, 0.3) is 0 Å². The van der Waals surface area contributed by atoms with Crippen LogP contribution in [-0.4, -0.2) is 69.8 Å². The van der Waals surface area contributed by atoms with Crippen molar-refractivity contribution in [3.8, 4) is 0 Å². The molecule has 0 radical (unpaired) electrons. The molecule has 0 aliphatic carbocycles. The highest BCUT2D eigenvalue weighted by Gasteiger charge is 2.06. The fourth-order valence-electron chi connectivity index (χ4n) is 2.39. The Kier molecular flexibility index (Phi) is 10.6. The Morgan fingerprint density at radius 2 is 2.04 bits per heavy atom. The molecule has 138 valence electrons. The molecule has 0 bridgehead atoms. The van der Waals surface area contributed by atoms with Gasteiger partial charge in [0.15, 0.2) is 5.96 Å². The monoisotopic (exact) mass is 355 g/mol. The van der Waals surface area contributed by atoms with Crippen molar-refractivity contribution in [3.63, 3.8) is 0 Å². The third kappa shape index (κ3) is 8.08. The predicted octanol–water partition coefficient (Wildman–Crippen LogP) is 1.69. The first-order valence-corrected chi connectivity index (χ1v) is 9.49. The molecule has 0 aliphatic rings. The number of ether oxygens (including phenoxy) is 1. The van der Waals surface area contributed by atoms with Crippen LogP contribution in [0.1, 0.15) is 28.9 Å². The largest absolute Gasteiger partial charge is 0.385 e. The van der Waals surface area contributed by atoms with Crippen LogP contribution < -0.4 is 10.6 Å². The molecular formula is C17H33N5OS. The van der Waals surface area contributed by atoms with Gasteiger partial charge in [-0.15, -0.1) is 11.3 Å². The van der Waals surface area contributed by atoms with E-state index in [2.05, 4.69) is 46.4 Å². The van der Waals surface area contributed by atoms with Crippen molar-refractivity contribution in [2.75, 3.05) is 54.0 Å². The van der Waals surface area contributed by atoms with Gasteiger partial charge in [-0.2, -0.15) is 0 Å². The lowest BCUT2D eigenvalue weighted by Crippen LogP contribution is -2.41. The zero-order valence-corrected chi connectivity index (χ0v) is 16.6. The molecule has 1 aromatic heterocycles. The van der Waals surface area contributed by atoms with Crippen molar-refractivity contribution in [1.82, 2.24) is 20.5 Å². The Morgan fingerprint density at radius 3 is 2.67 bits per heavy atom. The number of hydrogen-bond acceptors (Lipinski definition) is 5. The van der Waals surface area contributed by atoms with Crippen LogP contribution in [-0.2, 0) is 17.6 Å². The maximum atomic E-state index is 5.07. The summed E-state index contributed by atoms with van der Waals surface area (Å²) < 4.78 is 5.07. The van der Waals surface area contributed by atoms with E-state index in [1.807, 2.05) is 0 Å². The molecule has 0 aromatic carbocycles. The molecule has 0 spiro atoms. The van der Waals surface area contributed by atoms with E-state index in [0.29, 0.717) is 0 Å². The van der Waals surface area contributed by atoms with Crippen molar-refractivity contribution < 1.29 is 4.74 Å². The minimum absolute atomic E-state index is 0.816. The average molecular weight is 356 g/mol. The Bertz CT molecular complexity index is 489. The number of rotatable bonds is 11. The summed E-state index contributed by atoms with van der Waals surface area (Å²) in [6.07, 6.45) is 3.01. The number of nitrogens with zero attached hydrogens (tertiary/aromatic N) is 3. The molecule has 0 fully saturated rings. The van der Waals surface area contributed by atoms with E-state index in [1.165, 1.54) is 15.6 Å². The molecular weight excluding hydrogens is 322 g/mol. The number of likely N-dealkylation sites (N-methyl/N-ethyl adjacent to an activating group) is 1. The van der Waals surface area contributed by atoms with Gasteiger partial charge in [-0.1, -0.05) is 6.92 Å². The van der Waals surface area contributed by atoms with Crippen molar-refractivity contribution >= 4 is 17.3 Å².